The summed E-state index contributed by atoms with van der Waals surface area (Å²) in [4.78, 5) is 2.31. The van der Waals surface area contributed by atoms with Crippen LogP contribution in [-0.4, -0.2) is 34.7 Å². The van der Waals surface area contributed by atoms with Crippen molar-refractivity contribution in [3.8, 4) is 0 Å². The Kier molecular flexibility index (Phi) is 3.76. The summed E-state index contributed by atoms with van der Waals surface area (Å²) in [7, 11) is 0. The highest BCUT2D eigenvalue weighted by atomic mass is 16.3. The van der Waals surface area contributed by atoms with Gasteiger partial charge in [-0.3, -0.25) is 4.90 Å². The fourth-order valence-electron chi connectivity index (χ4n) is 2.92. The van der Waals surface area contributed by atoms with Crippen LogP contribution in [0.1, 0.15) is 37.4 Å². The molecule has 1 saturated heterocycles. The number of hydrogen-bond donors (Lipinski definition) is 2. The van der Waals surface area contributed by atoms with Crippen molar-refractivity contribution in [3.63, 3.8) is 0 Å². The Labute approximate surface area is 110 Å². The molecule has 2 rings (SSSR count). The van der Waals surface area contributed by atoms with Crippen LogP contribution < -0.4 is 5.73 Å². The van der Waals surface area contributed by atoms with Crippen LogP contribution in [0, 0.1) is 6.92 Å². The topological polar surface area (TPSA) is 49.5 Å². The predicted molar refractivity (Wildman–Crippen MR) is 74.4 cm³/mol. The van der Waals surface area contributed by atoms with Gasteiger partial charge in [-0.1, -0.05) is 29.8 Å². The second-order valence-electron chi connectivity index (χ2n) is 5.94. The third-order valence-corrected chi connectivity index (χ3v) is 3.76. The lowest BCUT2D eigenvalue weighted by Gasteiger charge is -2.32. The van der Waals surface area contributed by atoms with Crippen LogP contribution in [0.2, 0.25) is 0 Å². The van der Waals surface area contributed by atoms with E-state index in [4.69, 9.17) is 5.73 Å². The molecule has 0 amide bonds. The second-order valence-corrected chi connectivity index (χ2v) is 5.94. The van der Waals surface area contributed by atoms with E-state index in [2.05, 4.69) is 36.1 Å². The summed E-state index contributed by atoms with van der Waals surface area (Å²) in [5.74, 6) is 0. The first-order valence-corrected chi connectivity index (χ1v) is 6.68. The largest absolute Gasteiger partial charge is 0.389 e. The first kappa shape index (κ1) is 13.5. The number of nitrogens with zero attached hydrogens (tertiary/aromatic N) is 1. The van der Waals surface area contributed by atoms with Gasteiger partial charge in [-0.2, -0.15) is 0 Å². The Bertz CT molecular complexity index is 415. The summed E-state index contributed by atoms with van der Waals surface area (Å²) < 4.78 is 0. The van der Waals surface area contributed by atoms with E-state index in [0.29, 0.717) is 6.54 Å². The fraction of sp³-hybridized carbons (Fsp3) is 0.600. The van der Waals surface area contributed by atoms with Crippen molar-refractivity contribution in [1.29, 1.82) is 0 Å². The molecule has 1 aliphatic heterocycles. The lowest BCUT2D eigenvalue weighted by molar-refractivity contribution is 0.0601. The third kappa shape index (κ3) is 2.91. The van der Waals surface area contributed by atoms with E-state index >= 15 is 0 Å². The van der Waals surface area contributed by atoms with Gasteiger partial charge in [0.15, 0.2) is 0 Å². The number of rotatable bonds is 3. The number of aryl methyl sites for hydroxylation is 1. The smallest absolute Gasteiger partial charge is 0.0758 e. The highest BCUT2D eigenvalue weighted by molar-refractivity contribution is 5.26. The maximum absolute atomic E-state index is 10.1. The van der Waals surface area contributed by atoms with Crippen LogP contribution in [0.25, 0.3) is 0 Å². The zero-order valence-electron chi connectivity index (χ0n) is 11.6. The molecule has 1 aromatic rings. The average molecular weight is 248 g/mol. The summed E-state index contributed by atoms with van der Waals surface area (Å²) in [6, 6.07) is 8.75. The van der Waals surface area contributed by atoms with E-state index < -0.39 is 5.60 Å². The fourth-order valence-corrected chi connectivity index (χ4v) is 2.92. The van der Waals surface area contributed by atoms with Crippen molar-refractivity contribution in [2.75, 3.05) is 13.1 Å². The molecule has 0 spiro atoms. The van der Waals surface area contributed by atoms with Crippen LogP contribution in [0.15, 0.2) is 24.3 Å². The zero-order valence-corrected chi connectivity index (χ0v) is 11.6. The molecule has 3 nitrogen and oxygen atoms in total. The van der Waals surface area contributed by atoms with Crippen LogP contribution in [0.4, 0.5) is 0 Å². The van der Waals surface area contributed by atoms with Crippen molar-refractivity contribution in [1.82, 2.24) is 4.90 Å². The quantitative estimate of drug-likeness (QED) is 0.858. The molecule has 1 aliphatic rings. The van der Waals surface area contributed by atoms with E-state index in [-0.39, 0.29) is 12.1 Å². The Morgan fingerprint density at radius 1 is 1.44 bits per heavy atom. The average Bonchev–Trinajstić information content (AvgIpc) is 2.58. The molecule has 100 valence electrons. The molecule has 3 unspecified atom stereocenters. The number of likely N-dealkylation sites (tertiary alicyclic amines) is 1. The second kappa shape index (κ2) is 5.00. The molecule has 18 heavy (non-hydrogen) atoms. The monoisotopic (exact) mass is 248 g/mol. The van der Waals surface area contributed by atoms with Crippen molar-refractivity contribution in [2.45, 2.75) is 44.9 Å². The summed E-state index contributed by atoms with van der Waals surface area (Å²) in [5.41, 5.74) is 8.10. The molecular formula is C15H24N2O. The molecule has 1 heterocycles. The Balaban J connectivity index is 2.24. The highest BCUT2D eigenvalue weighted by Crippen LogP contribution is 2.31. The minimum absolute atomic E-state index is 0.0562. The van der Waals surface area contributed by atoms with Crippen molar-refractivity contribution in [2.24, 2.45) is 5.73 Å². The first-order valence-electron chi connectivity index (χ1n) is 6.68. The summed E-state index contributed by atoms with van der Waals surface area (Å²) in [6.45, 7) is 7.66. The molecule has 3 N–H and O–H groups in total. The molecule has 3 heteroatoms. The van der Waals surface area contributed by atoms with Crippen molar-refractivity contribution >= 4 is 0 Å². The van der Waals surface area contributed by atoms with Gasteiger partial charge in [0.05, 0.1) is 5.60 Å². The summed E-state index contributed by atoms with van der Waals surface area (Å²) in [6.07, 6.45) is 0.821. The van der Waals surface area contributed by atoms with Crippen LogP contribution in [0.5, 0.6) is 0 Å². The van der Waals surface area contributed by atoms with Gasteiger partial charge in [0, 0.05) is 25.2 Å². The number of hydrogen-bond acceptors (Lipinski definition) is 3. The predicted octanol–water partition coefficient (Wildman–Crippen LogP) is 1.84. The van der Waals surface area contributed by atoms with Gasteiger partial charge in [-0.15, -0.1) is 0 Å². The van der Waals surface area contributed by atoms with Gasteiger partial charge in [-0.05, 0) is 32.8 Å². The number of benzene rings is 1. The lowest BCUT2D eigenvalue weighted by Crippen LogP contribution is -2.40. The maximum Gasteiger partial charge on any atom is 0.0758 e. The maximum atomic E-state index is 10.1. The molecule has 0 aromatic heterocycles. The summed E-state index contributed by atoms with van der Waals surface area (Å²) in [5, 5.41) is 10.1. The molecule has 0 saturated carbocycles. The van der Waals surface area contributed by atoms with Gasteiger partial charge in [0.2, 0.25) is 0 Å². The Hall–Kier alpha value is -0.900. The van der Waals surface area contributed by atoms with Crippen molar-refractivity contribution < 1.29 is 5.11 Å². The van der Waals surface area contributed by atoms with E-state index in [9.17, 15) is 5.11 Å². The molecule has 0 aliphatic carbocycles. The molecule has 1 fully saturated rings. The molecule has 0 radical (unpaired) electrons. The number of β-amino-alcohol motifs (C(OH)–C–C–N with tert-alkyl or cyclic N) is 1. The van der Waals surface area contributed by atoms with Crippen molar-refractivity contribution in [3.05, 3.63) is 35.4 Å². The normalized spacial score (nSPS) is 28.3. The van der Waals surface area contributed by atoms with Gasteiger partial charge in [-0.25, -0.2) is 0 Å². The first-order chi connectivity index (χ1) is 8.39. The minimum Gasteiger partial charge on any atom is -0.389 e. The Morgan fingerprint density at radius 2 is 2.17 bits per heavy atom. The zero-order chi connectivity index (χ0) is 13.3. The minimum atomic E-state index is -0.572. The van der Waals surface area contributed by atoms with Crippen LogP contribution in [0.3, 0.4) is 0 Å². The van der Waals surface area contributed by atoms with Crippen LogP contribution >= 0.6 is 0 Å². The van der Waals surface area contributed by atoms with E-state index in [1.54, 1.807) is 0 Å². The van der Waals surface area contributed by atoms with Gasteiger partial charge in [0.25, 0.3) is 0 Å². The molecule has 1 aromatic carbocycles. The van der Waals surface area contributed by atoms with E-state index in [0.717, 1.165) is 13.0 Å². The molecule has 3 atom stereocenters. The molecular weight excluding hydrogens is 224 g/mol. The van der Waals surface area contributed by atoms with E-state index in [1.807, 2.05) is 13.8 Å². The number of aliphatic hydroxyl groups is 1. The Morgan fingerprint density at radius 3 is 2.67 bits per heavy atom. The summed E-state index contributed by atoms with van der Waals surface area (Å²) >= 11 is 0. The van der Waals surface area contributed by atoms with E-state index in [1.165, 1.54) is 11.1 Å². The number of nitrogens with two attached hydrogens (primary N) is 1. The van der Waals surface area contributed by atoms with Gasteiger partial charge < -0.3 is 10.8 Å². The lowest BCUT2D eigenvalue weighted by atomic mass is 9.98. The SMILES string of the molecule is Cc1cccc(C(C(C)N)N2CCC(C)(O)C2)c1. The third-order valence-electron chi connectivity index (χ3n) is 3.76. The standard InChI is InChI=1S/C15H24N2O/c1-11-5-4-6-13(9-11)14(12(2)16)17-8-7-15(3,18)10-17/h4-6,9,12,14,18H,7-8,10,16H2,1-3H3. The van der Waals surface area contributed by atoms with Gasteiger partial charge in [0.1, 0.15) is 0 Å². The highest BCUT2D eigenvalue weighted by Gasteiger charge is 2.36. The molecule has 0 bridgehead atoms. The van der Waals surface area contributed by atoms with Crippen LogP contribution in [-0.2, 0) is 0 Å². The van der Waals surface area contributed by atoms with Gasteiger partial charge >= 0.3 is 0 Å².